The fourth-order valence-corrected chi connectivity index (χ4v) is 4.04. The van der Waals surface area contributed by atoms with Crippen molar-refractivity contribution in [2.45, 2.75) is 38.9 Å². The van der Waals surface area contributed by atoms with E-state index in [-0.39, 0.29) is 0 Å². The Balaban J connectivity index is 1.40. The van der Waals surface area contributed by atoms with Crippen LogP contribution in [-0.2, 0) is 22.6 Å². The quantitative estimate of drug-likeness (QED) is 0.383. The maximum Gasteiger partial charge on any atom is 0.333 e. The minimum Gasteiger partial charge on any atom is -0.493 e. The Morgan fingerprint density at radius 2 is 1.74 bits per heavy atom. The molecule has 0 spiro atoms. The van der Waals surface area contributed by atoms with Gasteiger partial charge in [-0.15, -0.1) is 0 Å². The minimum atomic E-state index is -0.936. The van der Waals surface area contributed by atoms with Gasteiger partial charge in [-0.1, -0.05) is 67.6 Å². The summed E-state index contributed by atoms with van der Waals surface area (Å²) in [5.74, 6) is 0.714. The van der Waals surface area contributed by atoms with Gasteiger partial charge in [-0.3, -0.25) is 0 Å². The molecule has 4 rings (SSSR count). The van der Waals surface area contributed by atoms with E-state index in [1.807, 2.05) is 55.5 Å². The lowest BCUT2D eigenvalue weighted by Crippen LogP contribution is -2.26. The molecule has 0 aliphatic carbocycles. The van der Waals surface area contributed by atoms with Crippen molar-refractivity contribution in [3.05, 3.63) is 101 Å². The van der Waals surface area contributed by atoms with Gasteiger partial charge in [0.1, 0.15) is 18.1 Å². The van der Waals surface area contributed by atoms with Gasteiger partial charge in [0, 0.05) is 25.0 Å². The summed E-state index contributed by atoms with van der Waals surface area (Å²) in [5.41, 5.74) is 5.52. The van der Waals surface area contributed by atoms with E-state index in [1.165, 1.54) is 11.1 Å². The third-order valence-corrected chi connectivity index (χ3v) is 5.75. The monoisotopic (exact) mass is 458 g/mol. The Morgan fingerprint density at radius 3 is 2.50 bits per heavy atom. The van der Waals surface area contributed by atoms with Crippen LogP contribution in [0.15, 0.2) is 78.9 Å². The van der Waals surface area contributed by atoms with E-state index in [4.69, 9.17) is 14.2 Å². The van der Waals surface area contributed by atoms with Crippen molar-refractivity contribution in [3.63, 3.8) is 0 Å². The van der Waals surface area contributed by atoms with Gasteiger partial charge in [-0.05, 0) is 46.9 Å². The zero-order valence-electron chi connectivity index (χ0n) is 19.4. The smallest absolute Gasteiger partial charge is 0.333 e. The van der Waals surface area contributed by atoms with Crippen molar-refractivity contribution < 1.29 is 24.1 Å². The van der Waals surface area contributed by atoms with E-state index >= 15 is 0 Å². The molecule has 0 radical (unpaired) electrons. The number of carbonyl (C=O) groups is 1. The number of hydrogen-bond acceptors (Lipinski definition) is 4. The van der Waals surface area contributed by atoms with Crippen LogP contribution < -0.4 is 9.47 Å². The summed E-state index contributed by atoms with van der Waals surface area (Å²) < 4.78 is 17.4. The molecule has 0 fully saturated rings. The Labute approximate surface area is 200 Å². The van der Waals surface area contributed by atoms with Crippen LogP contribution in [0, 0.1) is 0 Å². The zero-order valence-corrected chi connectivity index (χ0v) is 19.4. The number of para-hydroxylation sites is 1. The van der Waals surface area contributed by atoms with Crippen LogP contribution in [0.2, 0.25) is 0 Å². The fraction of sp³-hybridized carbons (Fsp3) is 0.276. The molecule has 0 amide bonds. The molecule has 1 aliphatic rings. The SMILES string of the molecule is CCCOC(Cc1ccc(OCCC=C2c3ccccc3COc3ccccc32)cc1)C(=O)O. The summed E-state index contributed by atoms with van der Waals surface area (Å²) in [5, 5.41) is 9.34. The van der Waals surface area contributed by atoms with Crippen LogP contribution >= 0.6 is 0 Å². The second-order valence-corrected chi connectivity index (χ2v) is 8.24. The van der Waals surface area contributed by atoms with E-state index in [0.29, 0.717) is 26.2 Å². The summed E-state index contributed by atoms with van der Waals surface area (Å²) >= 11 is 0. The molecule has 5 heteroatoms. The molecule has 1 atom stereocenters. The summed E-state index contributed by atoms with van der Waals surface area (Å²) in [7, 11) is 0. The third-order valence-electron chi connectivity index (χ3n) is 5.75. The number of carboxylic acid groups (broad SMARTS) is 1. The predicted molar refractivity (Wildman–Crippen MR) is 132 cm³/mol. The molecule has 5 nitrogen and oxygen atoms in total. The number of carboxylic acids is 1. The Bertz CT molecular complexity index is 1080. The lowest BCUT2D eigenvalue weighted by molar-refractivity contribution is -0.150. The van der Waals surface area contributed by atoms with Crippen LogP contribution in [-0.4, -0.2) is 30.4 Å². The van der Waals surface area contributed by atoms with Crippen LogP contribution in [0.5, 0.6) is 11.5 Å². The van der Waals surface area contributed by atoms with Crippen molar-refractivity contribution in [1.29, 1.82) is 0 Å². The first-order valence-electron chi connectivity index (χ1n) is 11.7. The van der Waals surface area contributed by atoms with Crippen molar-refractivity contribution in [3.8, 4) is 11.5 Å². The fourth-order valence-electron chi connectivity index (χ4n) is 4.04. The number of hydrogen-bond donors (Lipinski definition) is 1. The number of benzene rings is 3. The van der Waals surface area contributed by atoms with Crippen LogP contribution in [0.1, 0.15) is 42.0 Å². The van der Waals surface area contributed by atoms with Gasteiger partial charge in [-0.2, -0.15) is 0 Å². The predicted octanol–water partition coefficient (Wildman–Crippen LogP) is 5.90. The van der Waals surface area contributed by atoms with Crippen molar-refractivity contribution in [2.24, 2.45) is 0 Å². The molecular weight excluding hydrogens is 428 g/mol. The molecule has 3 aromatic carbocycles. The van der Waals surface area contributed by atoms with Crippen LogP contribution in [0.25, 0.3) is 5.57 Å². The van der Waals surface area contributed by atoms with E-state index < -0.39 is 12.1 Å². The highest BCUT2D eigenvalue weighted by molar-refractivity contribution is 5.84. The maximum absolute atomic E-state index is 11.4. The number of ether oxygens (including phenoxy) is 3. The maximum atomic E-state index is 11.4. The van der Waals surface area contributed by atoms with E-state index in [9.17, 15) is 9.90 Å². The van der Waals surface area contributed by atoms with Gasteiger partial charge in [0.05, 0.1) is 6.61 Å². The van der Waals surface area contributed by atoms with Gasteiger partial charge in [0.25, 0.3) is 0 Å². The second kappa shape index (κ2) is 11.5. The van der Waals surface area contributed by atoms with Gasteiger partial charge in [0.15, 0.2) is 6.10 Å². The topological polar surface area (TPSA) is 65.0 Å². The highest BCUT2D eigenvalue weighted by Crippen LogP contribution is 2.36. The molecule has 34 heavy (non-hydrogen) atoms. The van der Waals surface area contributed by atoms with Gasteiger partial charge in [-0.25, -0.2) is 4.79 Å². The number of aliphatic carboxylic acids is 1. The Morgan fingerprint density at radius 1 is 1.00 bits per heavy atom. The molecule has 0 bridgehead atoms. The first-order chi connectivity index (χ1) is 16.7. The molecule has 0 saturated carbocycles. The lowest BCUT2D eigenvalue weighted by Gasteiger charge is -2.13. The van der Waals surface area contributed by atoms with Crippen molar-refractivity contribution in [2.75, 3.05) is 13.2 Å². The number of rotatable bonds is 10. The average molecular weight is 459 g/mol. The largest absolute Gasteiger partial charge is 0.493 e. The van der Waals surface area contributed by atoms with Crippen molar-refractivity contribution in [1.82, 2.24) is 0 Å². The molecular formula is C29H30O5. The molecule has 1 unspecified atom stereocenters. The van der Waals surface area contributed by atoms with Crippen molar-refractivity contribution >= 4 is 11.5 Å². The summed E-state index contributed by atoms with van der Waals surface area (Å²) in [4.78, 5) is 11.4. The minimum absolute atomic E-state index is 0.336. The molecule has 1 N–H and O–H groups in total. The number of fused-ring (bicyclic) bond motifs is 2. The van der Waals surface area contributed by atoms with Gasteiger partial charge < -0.3 is 19.3 Å². The molecule has 176 valence electrons. The molecule has 0 saturated heterocycles. The normalized spacial score (nSPS) is 14.4. The molecule has 1 aliphatic heterocycles. The lowest BCUT2D eigenvalue weighted by atomic mass is 9.93. The van der Waals surface area contributed by atoms with E-state index in [1.54, 1.807) is 0 Å². The molecule has 3 aromatic rings. The highest BCUT2D eigenvalue weighted by Gasteiger charge is 2.19. The standard InChI is InChI=1S/C29H30O5/c1-2-17-33-28(29(30)31)19-21-13-15-23(16-14-21)32-18-7-11-25-24-9-4-3-8-22(24)20-34-27-12-6-5-10-26(25)27/h3-6,8-16,28H,2,7,17-20H2,1H3,(H,30,31). The van der Waals surface area contributed by atoms with Gasteiger partial charge >= 0.3 is 5.97 Å². The zero-order chi connectivity index (χ0) is 23.8. The third kappa shape index (κ3) is 5.86. The Kier molecular flexibility index (Phi) is 7.99. The first-order valence-corrected chi connectivity index (χ1v) is 11.7. The van der Waals surface area contributed by atoms with Crippen LogP contribution in [0.3, 0.4) is 0 Å². The highest BCUT2D eigenvalue weighted by atomic mass is 16.5. The molecule has 0 aromatic heterocycles. The van der Waals surface area contributed by atoms with Gasteiger partial charge in [0.2, 0.25) is 0 Å². The molecule has 1 heterocycles. The van der Waals surface area contributed by atoms with E-state index in [2.05, 4.69) is 30.3 Å². The summed E-state index contributed by atoms with van der Waals surface area (Å²) in [6.45, 7) is 3.49. The summed E-state index contributed by atoms with van der Waals surface area (Å²) in [6, 6.07) is 24.0. The Hall–Kier alpha value is -3.57. The van der Waals surface area contributed by atoms with Crippen LogP contribution in [0.4, 0.5) is 0 Å². The second-order valence-electron chi connectivity index (χ2n) is 8.24. The average Bonchev–Trinajstić information content (AvgIpc) is 3.02. The first kappa shape index (κ1) is 23.6. The van der Waals surface area contributed by atoms with E-state index in [0.717, 1.165) is 41.0 Å². The summed E-state index contributed by atoms with van der Waals surface area (Å²) in [6.07, 6.45) is 3.25.